The van der Waals surface area contributed by atoms with E-state index in [9.17, 15) is 4.79 Å². The summed E-state index contributed by atoms with van der Waals surface area (Å²) in [6, 6.07) is 3.45. The van der Waals surface area contributed by atoms with Gasteiger partial charge in [-0.3, -0.25) is 4.79 Å². The molecule has 0 bridgehead atoms. The van der Waals surface area contributed by atoms with Gasteiger partial charge in [-0.15, -0.1) is 0 Å². The maximum atomic E-state index is 11.2. The molecule has 0 aliphatic heterocycles. The van der Waals surface area contributed by atoms with E-state index in [-0.39, 0.29) is 11.6 Å². The highest BCUT2D eigenvalue weighted by Gasteiger charge is 2.15. The molecule has 0 saturated heterocycles. The predicted octanol–water partition coefficient (Wildman–Crippen LogP) is 0.819. The van der Waals surface area contributed by atoms with Crippen molar-refractivity contribution in [1.29, 1.82) is 5.26 Å². The molecule has 12 heavy (non-hydrogen) atoms. The number of nitriles is 1. The molecule has 1 heterocycles. The largest absolute Gasteiger partial charge is 0.289 e. The third-order valence-electron chi connectivity index (χ3n) is 1.37. The van der Waals surface area contributed by atoms with E-state index >= 15 is 0 Å². The van der Waals surface area contributed by atoms with Gasteiger partial charge in [0.15, 0.2) is 5.82 Å². The maximum absolute atomic E-state index is 11.2. The molecule has 0 radical (unpaired) electrons. The average Bonchev–Trinajstić information content (AvgIpc) is 2.17. The van der Waals surface area contributed by atoms with Crippen molar-refractivity contribution in [2.45, 2.75) is 6.92 Å². The minimum Gasteiger partial charge on any atom is -0.289 e. The minimum atomic E-state index is -0.674. The lowest BCUT2D eigenvalue weighted by Crippen LogP contribution is -2.12. The third-order valence-corrected chi connectivity index (χ3v) is 1.37. The Morgan fingerprint density at radius 2 is 2.17 bits per heavy atom. The first-order valence-electron chi connectivity index (χ1n) is 3.46. The normalized spacial score (nSPS) is 11.7. The van der Waals surface area contributed by atoms with Crippen molar-refractivity contribution in [3.8, 4) is 6.07 Å². The van der Waals surface area contributed by atoms with Crippen LogP contribution in [-0.4, -0.2) is 15.8 Å². The van der Waals surface area contributed by atoms with Crippen molar-refractivity contribution in [3.63, 3.8) is 0 Å². The molecule has 0 aromatic carbocycles. The van der Waals surface area contributed by atoms with Crippen molar-refractivity contribution >= 4 is 5.78 Å². The fraction of sp³-hybridized carbons (Fsp3) is 0.250. The molecule has 1 aromatic rings. The molecule has 1 unspecified atom stereocenters. The summed E-state index contributed by atoms with van der Waals surface area (Å²) >= 11 is 0. The SMILES string of the molecule is CC(C#N)C(=O)c1ncccn1. The molecule has 0 aliphatic carbocycles. The zero-order chi connectivity index (χ0) is 8.97. The van der Waals surface area contributed by atoms with E-state index in [0.29, 0.717) is 0 Å². The van der Waals surface area contributed by atoms with Crippen LogP contribution in [0.5, 0.6) is 0 Å². The first-order chi connectivity index (χ1) is 5.75. The van der Waals surface area contributed by atoms with Crippen molar-refractivity contribution in [3.05, 3.63) is 24.3 Å². The van der Waals surface area contributed by atoms with Gasteiger partial charge < -0.3 is 0 Å². The van der Waals surface area contributed by atoms with E-state index in [1.165, 1.54) is 19.3 Å². The zero-order valence-corrected chi connectivity index (χ0v) is 6.56. The summed E-state index contributed by atoms with van der Waals surface area (Å²) in [6.07, 6.45) is 2.95. The minimum absolute atomic E-state index is 0.103. The number of hydrogen-bond acceptors (Lipinski definition) is 4. The van der Waals surface area contributed by atoms with E-state index in [1.807, 2.05) is 6.07 Å². The number of hydrogen-bond donors (Lipinski definition) is 0. The number of Topliss-reactive ketones (excluding diaryl/α,β-unsaturated/α-hetero) is 1. The van der Waals surface area contributed by atoms with Gasteiger partial charge in [0.2, 0.25) is 5.78 Å². The number of nitrogens with zero attached hydrogens (tertiary/aromatic N) is 3. The number of aromatic nitrogens is 2. The molecular weight excluding hydrogens is 154 g/mol. The smallest absolute Gasteiger partial charge is 0.216 e. The first-order valence-corrected chi connectivity index (χ1v) is 3.46. The fourth-order valence-corrected chi connectivity index (χ4v) is 0.679. The zero-order valence-electron chi connectivity index (χ0n) is 6.56. The highest BCUT2D eigenvalue weighted by molar-refractivity contribution is 5.95. The maximum Gasteiger partial charge on any atom is 0.216 e. The lowest BCUT2D eigenvalue weighted by Gasteiger charge is -1.97. The van der Waals surface area contributed by atoms with Crippen LogP contribution in [0.15, 0.2) is 18.5 Å². The van der Waals surface area contributed by atoms with Gasteiger partial charge in [0, 0.05) is 12.4 Å². The monoisotopic (exact) mass is 161 g/mol. The van der Waals surface area contributed by atoms with E-state index in [1.54, 1.807) is 6.07 Å². The van der Waals surface area contributed by atoms with Gasteiger partial charge in [-0.1, -0.05) is 0 Å². The lowest BCUT2D eigenvalue weighted by molar-refractivity contribution is 0.0946. The molecule has 60 valence electrons. The number of carbonyl (C=O) groups is 1. The molecule has 0 spiro atoms. The van der Waals surface area contributed by atoms with Gasteiger partial charge in [-0.25, -0.2) is 9.97 Å². The van der Waals surface area contributed by atoms with E-state index in [4.69, 9.17) is 5.26 Å². The van der Waals surface area contributed by atoms with Gasteiger partial charge in [0.1, 0.15) is 5.92 Å². The Morgan fingerprint density at radius 3 is 2.67 bits per heavy atom. The molecule has 0 fully saturated rings. The Hall–Kier alpha value is -1.76. The number of carbonyl (C=O) groups excluding carboxylic acids is 1. The van der Waals surface area contributed by atoms with Crippen LogP contribution >= 0.6 is 0 Å². The molecule has 1 aromatic heterocycles. The molecule has 0 aliphatic rings. The Balaban J connectivity index is 2.88. The molecule has 0 saturated carbocycles. The van der Waals surface area contributed by atoms with Crippen LogP contribution < -0.4 is 0 Å². The van der Waals surface area contributed by atoms with Gasteiger partial charge in [0.05, 0.1) is 6.07 Å². The van der Waals surface area contributed by atoms with Crippen LogP contribution in [0.4, 0.5) is 0 Å². The lowest BCUT2D eigenvalue weighted by atomic mass is 10.1. The quantitative estimate of drug-likeness (QED) is 0.602. The topological polar surface area (TPSA) is 66.6 Å². The van der Waals surface area contributed by atoms with Crippen molar-refractivity contribution < 1.29 is 4.79 Å². The van der Waals surface area contributed by atoms with Crippen LogP contribution in [0.2, 0.25) is 0 Å². The summed E-state index contributed by atoms with van der Waals surface area (Å²) in [7, 11) is 0. The molecule has 1 rings (SSSR count). The van der Waals surface area contributed by atoms with E-state index in [2.05, 4.69) is 9.97 Å². The predicted molar refractivity (Wildman–Crippen MR) is 41.1 cm³/mol. The van der Waals surface area contributed by atoms with Crippen LogP contribution in [0, 0.1) is 17.2 Å². The van der Waals surface area contributed by atoms with Crippen LogP contribution in [0.25, 0.3) is 0 Å². The first kappa shape index (κ1) is 8.34. The van der Waals surface area contributed by atoms with Gasteiger partial charge in [-0.05, 0) is 13.0 Å². The molecular formula is C8H7N3O. The summed E-state index contributed by atoms with van der Waals surface area (Å²) in [4.78, 5) is 18.7. The standard InChI is InChI=1S/C8H7N3O/c1-6(5-9)7(12)8-10-3-2-4-11-8/h2-4,6H,1H3. The number of ketones is 1. The number of rotatable bonds is 2. The van der Waals surface area contributed by atoms with Crippen molar-refractivity contribution in [2.75, 3.05) is 0 Å². The molecule has 0 amide bonds. The second kappa shape index (κ2) is 3.58. The van der Waals surface area contributed by atoms with Gasteiger partial charge >= 0.3 is 0 Å². The Morgan fingerprint density at radius 1 is 1.58 bits per heavy atom. The summed E-state index contributed by atoms with van der Waals surface area (Å²) in [6.45, 7) is 1.53. The third kappa shape index (κ3) is 1.64. The van der Waals surface area contributed by atoms with E-state index in [0.717, 1.165) is 0 Å². The highest BCUT2D eigenvalue weighted by atomic mass is 16.1. The Labute approximate surface area is 69.9 Å². The molecule has 4 nitrogen and oxygen atoms in total. The van der Waals surface area contributed by atoms with Crippen LogP contribution in [0.3, 0.4) is 0 Å². The fourth-order valence-electron chi connectivity index (χ4n) is 0.679. The second-order valence-corrected chi connectivity index (χ2v) is 2.29. The van der Waals surface area contributed by atoms with Gasteiger partial charge in [-0.2, -0.15) is 5.26 Å². The van der Waals surface area contributed by atoms with Crippen LogP contribution in [-0.2, 0) is 0 Å². The van der Waals surface area contributed by atoms with Crippen molar-refractivity contribution in [1.82, 2.24) is 9.97 Å². The molecule has 1 atom stereocenters. The summed E-state index contributed by atoms with van der Waals surface area (Å²) in [5.41, 5.74) is 0. The Kier molecular flexibility index (Phi) is 2.49. The van der Waals surface area contributed by atoms with Crippen molar-refractivity contribution in [2.24, 2.45) is 5.92 Å². The van der Waals surface area contributed by atoms with Gasteiger partial charge in [0.25, 0.3) is 0 Å². The molecule has 4 heteroatoms. The second-order valence-electron chi connectivity index (χ2n) is 2.29. The summed E-state index contributed by atoms with van der Waals surface area (Å²) in [5, 5.41) is 8.44. The highest BCUT2D eigenvalue weighted by Crippen LogP contribution is 2.01. The Bertz CT molecular complexity index is 315. The molecule has 0 N–H and O–H groups in total. The average molecular weight is 161 g/mol. The summed E-state index contributed by atoms with van der Waals surface area (Å²) in [5.74, 6) is -0.906. The summed E-state index contributed by atoms with van der Waals surface area (Å²) < 4.78 is 0. The van der Waals surface area contributed by atoms with E-state index < -0.39 is 5.92 Å². The van der Waals surface area contributed by atoms with Crippen LogP contribution in [0.1, 0.15) is 17.5 Å².